The minimum absolute atomic E-state index is 0.310. The summed E-state index contributed by atoms with van der Waals surface area (Å²) in [5.74, 6) is 4.41. The van der Waals surface area contributed by atoms with Crippen LogP contribution in [0.3, 0.4) is 0 Å². The summed E-state index contributed by atoms with van der Waals surface area (Å²) >= 11 is 0. The lowest BCUT2D eigenvalue weighted by molar-refractivity contribution is -0.145. The van der Waals surface area contributed by atoms with E-state index >= 15 is 0 Å². The number of rotatable bonds is 2. The zero-order valence-electron chi connectivity index (χ0n) is 8.03. The average Bonchev–Trinajstić information content (AvgIpc) is 2.31. The molecule has 1 saturated heterocycles. The Bertz CT molecular complexity index is 175. The first-order valence-electron chi connectivity index (χ1n) is 4.53. The van der Waals surface area contributed by atoms with Crippen molar-refractivity contribution >= 4 is 5.97 Å². The maximum Gasteiger partial charge on any atom is 0.338 e. The summed E-state index contributed by atoms with van der Waals surface area (Å²) < 4.78 is 0. The van der Waals surface area contributed by atoms with Crippen LogP contribution in [0.4, 0.5) is 0 Å². The molecule has 1 aliphatic rings. The Labute approximate surface area is 78.4 Å². The fraction of sp³-hybridized carbons (Fsp3) is 0.875. The second-order valence-corrected chi connectivity index (χ2v) is 3.42. The largest absolute Gasteiger partial charge is 0.372 e. The van der Waals surface area contributed by atoms with Gasteiger partial charge in [0.2, 0.25) is 0 Å². The quantitative estimate of drug-likeness (QED) is 0.564. The van der Waals surface area contributed by atoms with E-state index in [2.05, 4.69) is 21.7 Å². The SMILES string of the molecule is CN1CCCN(CC(=O)ON)CC1. The van der Waals surface area contributed by atoms with Gasteiger partial charge in [-0.05, 0) is 20.0 Å². The van der Waals surface area contributed by atoms with Crippen molar-refractivity contribution in [3.05, 3.63) is 0 Å². The lowest BCUT2D eigenvalue weighted by atomic mass is 10.4. The third-order valence-electron chi connectivity index (χ3n) is 2.30. The number of carbonyl (C=O) groups is 1. The molecule has 1 heterocycles. The fourth-order valence-corrected chi connectivity index (χ4v) is 1.48. The summed E-state index contributed by atoms with van der Waals surface area (Å²) in [6.45, 7) is 4.25. The van der Waals surface area contributed by atoms with Crippen molar-refractivity contribution in [3.8, 4) is 0 Å². The summed E-state index contributed by atoms with van der Waals surface area (Å²) in [7, 11) is 2.09. The second kappa shape index (κ2) is 5.16. The van der Waals surface area contributed by atoms with Gasteiger partial charge in [-0.15, -0.1) is 0 Å². The van der Waals surface area contributed by atoms with E-state index in [0.717, 1.165) is 32.6 Å². The molecule has 0 radical (unpaired) electrons. The van der Waals surface area contributed by atoms with Crippen LogP contribution in [0.1, 0.15) is 6.42 Å². The van der Waals surface area contributed by atoms with Crippen molar-refractivity contribution < 1.29 is 9.63 Å². The van der Waals surface area contributed by atoms with Gasteiger partial charge in [0, 0.05) is 19.6 Å². The molecule has 0 amide bonds. The van der Waals surface area contributed by atoms with E-state index < -0.39 is 0 Å². The Morgan fingerprint density at radius 3 is 2.85 bits per heavy atom. The second-order valence-electron chi connectivity index (χ2n) is 3.42. The van der Waals surface area contributed by atoms with Gasteiger partial charge < -0.3 is 9.74 Å². The van der Waals surface area contributed by atoms with E-state index in [1.54, 1.807) is 0 Å². The van der Waals surface area contributed by atoms with Gasteiger partial charge in [0.1, 0.15) is 0 Å². The predicted molar refractivity (Wildman–Crippen MR) is 48.8 cm³/mol. The van der Waals surface area contributed by atoms with Crippen molar-refractivity contribution in [1.29, 1.82) is 0 Å². The Morgan fingerprint density at radius 2 is 2.15 bits per heavy atom. The van der Waals surface area contributed by atoms with Crippen molar-refractivity contribution in [2.45, 2.75) is 6.42 Å². The number of hydrogen-bond donors (Lipinski definition) is 1. The summed E-state index contributed by atoms with van der Waals surface area (Å²) in [6.07, 6.45) is 1.09. The van der Waals surface area contributed by atoms with E-state index in [9.17, 15) is 4.79 Å². The summed E-state index contributed by atoms with van der Waals surface area (Å²) in [4.78, 5) is 19.3. The van der Waals surface area contributed by atoms with Crippen molar-refractivity contribution in [1.82, 2.24) is 9.80 Å². The normalized spacial score (nSPS) is 21.1. The van der Waals surface area contributed by atoms with Gasteiger partial charge in [0.05, 0.1) is 6.54 Å². The van der Waals surface area contributed by atoms with Crippen LogP contribution >= 0.6 is 0 Å². The molecule has 0 saturated carbocycles. The Morgan fingerprint density at radius 1 is 1.38 bits per heavy atom. The minimum Gasteiger partial charge on any atom is -0.372 e. The summed E-state index contributed by atoms with van der Waals surface area (Å²) in [6, 6.07) is 0. The summed E-state index contributed by atoms with van der Waals surface area (Å²) in [5.41, 5.74) is 0. The van der Waals surface area contributed by atoms with Crippen LogP contribution in [0.15, 0.2) is 0 Å². The molecule has 0 spiro atoms. The highest BCUT2D eigenvalue weighted by molar-refractivity contribution is 5.71. The Kier molecular flexibility index (Phi) is 4.14. The van der Waals surface area contributed by atoms with Crippen molar-refractivity contribution in [3.63, 3.8) is 0 Å². The average molecular weight is 187 g/mol. The molecule has 0 aromatic rings. The molecular formula is C8H17N3O2. The topological polar surface area (TPSA) is 58.8 Å². The summed E-state index contributed by atoms with van der Waals surface area (Å²) in [5, 5.41) is 0. The first kappa shape index (κ1) is 10.4. The van der Waals surface area contributed by atoms with E-state index in [4.69, 9.17) is 5.90 Å². The van der Waals surface area contributed by atoms with Crippen LogP contribution in [0.25, 0.3) is 0 Å². The third-order valence-corrected chi connectivity index (χ3v) is 2.30. The highest BCUT2D eigenvalue weighted by atomic mass is 16.7. The van der Waals surface area contributed by atoms with Gasteiger partial charge >= 0.3 is 5.97 Å². The first-order chi connectivity index (χ1) is 6.22. The number of likely N-dealkylation sites (N-methyl/N-ethyl adjacent to an activating group) is 1. The van der Waals surface area contributed by atoms with Crippen LogP contribution in [0.5, 0.6) is 0 Å². The lowest BCUT2D eigenvalue weighted by Crippen LogP contribution is -2.35. The van der Waals surface area contributed by atoms with Crippen molar-refractivity contribution in [2.75, 3.05) is 39.8 Å². The molecule has 1 fully saturated rings. The molecule has 0 aromatic carbocycles. The number of carbonyl (C=O) groups excluding carboxylic acids is 1. The number of hydrogen-bond acceptors (Lipinski definition) is 5. The van der Waals surface area contributed by atoms with Gasteiger partial charge in [-0.1, -0.05) is 0 Å². The molecule has 0 bridgehead atoms. The minimum atomic E-state index is -0.357. The highest BCUT2D eigenvalue weighted by Gasteiger charge is 2.14. The van der Waals surface area contributed by atoms with Gasteiger partial charge in [0.25, 0.3) is 0 Å². The van der Waals surface area contributed by atoms with Gasteiger partial charge in [0.15, 0.2) is 0 Å². The van der Waals surface area contributed by atoms with Gasteiger partial charge in [-0.25, -0.2) is 4.79 Å². The molecule has 0 unspecified atom stereocenters. The van der Waals surface area contributed by atoms with E-state index in [0.29, 0.717) is 6.54 Å². The molecule has 5 heteroatoms. The van der Waals surface area contributed by atoms with Crippen LogP contribution in [-0.4, -0.2) is 55.5 Å². The van der Waals surface area contributed by atoms with E-state index in [-0.39, 0.29) is 5.97 Å². The molecule has 5 nitrogen and oxygen atoms in total. The monoisotopic (exact) mass is 187 g/mol. The van der Waals surface area contributed by atoms with Crippen LogP contribution < -0.4 is 5.90 Å². The molecule has 1 rings (SSSR count). The maximum atomic E-state index is 10.9. The number of nitrogens with zero attached hydrogens (tertiary/aromatic N) is 2. The van der Waals surface area contributed by atoms with Crippen molar-refractivity contribution in [2.24, 2.45) is 5.90 Å². The Balaban J connectivity index is 2.29. The predicted octanol–water partition coefficient (Wildman–Crippen LogP) is -0.959. The molecular weight excluding hydrogens is 170 g/mol. The smallest absolute Gasteiger partial charge is 0.338 e. The third kappa shape index (κ3) is 3.71. The molecule has 1 aliphatic heterocycles. The molecule has 76 valence electrons. The standard InChI is InChI=1S/C8H17N3O2/c1-10-3-2-4-11(6-5-10)7-8(12)13-9/h2-7,9H2,1H3. The zero-order chi connectivity index (χ0) is 9.68. The first-order valence-corrected chi connectivity index (χ1v) is 4.53. The Hall–Kier alpha value is -0.650. The van der Waals surface area contributed by atoms with E-state index in [1.807, 2.05) is 0 Å². The fourth-order valence-electron chi connectivity index (χ4n) is 1.48. The van der Waals surface area contributed by atoms with Crippen LogP contribution in [0, 0.1) is 0 Å². The molecule has 2 N–H and O–H groups in total. The lowest BCUT2D eigenvalue weighted by Gasteiger charge is -2.17. The van der Waals surface area contributed by atoms with Gasteiger partial charge in [-0.3, -0.25) is 4.90 Å². The van der Waals surface area contributed by atoms with Crippen LogP contribution in [0.2, 0.25) is 0 Å². The van der Waals surface area contributed by atoms with E-state index in [1.165, 1.54) is 0 Å². The molecule has 13 heavy (non-hydrogen) atoms. The van der Waals surface area contributed by atoms with Gasteiger partial charge in [-0.2, -0.15) is 5.90 Å². The van der Waals surface area contributed by atoms with Crippen LogP contribution in [-0.2, 0) is 9.63 Å². The highest BCUT2D eigenvalue weighted by Crippen LogP contribution is 2.00. The molecule has 0 aliphatic carbocycles. The number of nitrogens with two attached hydrogens (primary N) is 1. The molecule has 0 aromatic heterocycles. The maximum absolute atomic E-state index is 10.9. The zero-order valence-corrected chi connectivity index (χ0v) is 8.03. The molecule has 0 atom stereocenters.